The maximum absolute atomic E-state index is 10.9. The Balaban J connectivity index is 0.000000171. The topological polar surface area (TPSA) is 127 Å². The highest BCUT2D eigenvalue weighted by molar-refractivity contribution is 5.68. The molecule has 0 radical (unpaired) electrons. The summed E-state index contributed by atoms with van der Waals surface area (Å²) in [4.78, 5) is 21.7. The molecule has 6 N–H and O–H groups in total. The summed E-state index contributed by atoms with van der Waals surface area (Å²) < 4.78 is 0. The molecule has 0 aromatic heterocycles. The summed E-state index contributed by atoms with van der Waals surface area (Å²) in [5.41, 5.74) is 11.5. The highest BCUT2D eigenvalue weighted by Crippen LogP contribution is 2.58. The van der Waals surface area contributed by atoms with E-state index in [1.807, 2.05) is 0 Å². The first-order chi connectivity index (χ1) is 14.4. The number of aliphatic carboxylic acids is 2. The lowest BCUT2D eigenvalue weighted by Gasteiger charge is -2.54. The van der Waals surface area contributed by atoms with Crippen LogP contribution in [0.5, 0.6) is 0 Å². The molecular formula is C24H42N2O4. The second-order valence-electron chi connectivity index (χ2n) is 10.7. The smallest absolute Gasteiger partial charge is 0.303 e. The third-order valence-electron chi connectivity index (χ3n) is 9.05. The van der Waals surface area contributed by atoms with Gasteiger partial charge in [0.2, 0.25) is 0 Å². The average Bonchev–Trinajstić information content (AvgIpc) is 3.00. The van der Waals surface area contributed by atoms with E-state index in [2.05, 4.69) is 0 Å². The second kappa shape index (κ2) is 9.99. The average molecular weight is 423 g/mol. The standard InChI is InChI=1S/2C12H21NO2/c2*13-8-12(7-11(14)15)6-9-4-2-1-3-5-10(9)12/h2*9-10H,1-8,13H2,(H,14,15)/t9-,10-,12+;9-,10-,12-/m10/s1. The molecule has 0 spiro atoms. The Morgan fingerprint density at radius 3 is 1.37 bits per heavy atom. The van der Waals surface area contributed by atoms with Crippen molar-refractivity contribution in [1.82, 2.24) is 0 Å². The molecule has 0 aromatic carbocycles. The SMILES string of the molecule is NC[C@@]1(CC(=O)O)C[C@@H]2CCCCC[C@@H]21.NC[C@@]1(CC(=O)O)C[C@H]2CCCCC[C@H]21. The van der Waals surface area contributed by atoms with Crippen LogP contribution in [0.25, 0.3) is 0 Å². The van der Waals surface area contributed by atoms with E-state index in [1.165, 1.54) is 64.2 Å². The van der Waals surface area contributed by atoms with Crippen LogP contribution in [0.15, 0.2) is 0 Å². The van der Waals surface area contributed by atoms with Gasteiger partial charge in [-0.05, 0) is 73.3 Å². The van der Waals surface area contributed by atoms with E-state index in [4.69, 9.17) is 21.7 Å². The van der Waals surface area contributed by atoms with Gasteiger partial charge in [0.1, 0.15) is 0 Å². The van der Waals surface area contributed by atoms with Gasteiger partial charge in [-0.1, -0.05) is 51.4 Å². The van der Waals surface area contributed by atoms with E-state index in [0.717, 1.165) is 24.7 Å². The first kappa shape index (κ1) is 23.5. The van der Waals surface area contributed by atoms with Crippen molar-refractivity contribution >= 4 is 11.9 Å². The molecule has 4 fully saturated rings. The van der Waals surface area contributed by atoms with E-state index in [1.54, 1.807) is 0 Å². The molecule has 0 bridgehead atoms. The fourth-order valence-corrected chi connectivity index (χ4v) is 7.52. The Morgan fingerprint density at radius 1 is 0.667 bits per heavy atom. The van der Waals surface area contributed by atoms with Crippen LogP contribution in [0.4, 0.5) is 0 Å². The Labute approximate surface area is 181 Å². The van der Waals surface area contributed by atoms with Crippen LogP contribution < -0.4 is 11.5 Å². The zero-order chi connectivity index (χ0) is 21.8. The normalized spacial score (nSPS) is 40.1. The van der Waals surface area contributed by atoms with Gasteiger partial charge in [-0.25, -0.2) is 0 Å². The van der Waals surface area contributed by atoms with Gasteiger partial charge in [-0.15, -0.1) is 0 Å². The first-order valence-electron chi connectivity index (χ1n) is 12.2. The molecule has 4 rings (SSSR count). The van der Waals surface area contributed by atoms with Crippen molar-refractivity contribution in [3.8, 4) is 0 Å². The molecule has 6 heteroatoms. The predicted octanol–water partition coefficient (Wildman–Crippen LogP) is 4.01. The highest BCUT2D eigenvalue weighted by atomic mass is 16.4. The van der Waals surface area contributed by atoms with Gasteiger partial charge < -0.3 is 21.7 Å². The first-order valence-corrected chi connectivity index (χ1v) is 12.2. The van der Waals surface area contributed by atoms with Gasteiger partial charge in [0.25, 0.3) is 0 Å². The van der Waals surface area contributed by atoms with Crippen molar-refractivity contribution in [2.24, 2.45) is 46.0 Å². The monoisotopic (exact) mass is 422 g/mol. The molecule has 0 heterocycles. The molecule has 0 aliphatic heterocycles. The number of hydrogen-bond donors (Lipinski definition) is 4. The number of fused-ring (bicyclic) bond motifs is 2. The fraction of sp³-hybridized carbons (Fsp3) is 0.917. The maximum atomic E-state index is 10.9. The van der Waals surface area contributed by atoms with Crippen LogP contribution in [0.1, 0.15) is 89.9 Å². The number of hydrogen-bond acceptors (Lipinski definition) is 4. The van der Waals surface area contributed by atoms with Gasteiger partial charge in [0.15, 0.2) is 0 Å². The van der Waals surface area contributed by atoms with Crippen LogP contribution in [-0.2, 0) is 9.59 Å². The minimum atomic E-state index is -0.678. The van der Waals surface area contributed by atoms with E-state index >= 15 is 0 Å². The molecule has 0 aromatic rings. The lowest BCUT2D eigenvalue weighted by Crippen LogP contribution is -2.53. The lowest BCUT2D eigenvalue weighted by atomic mass is 9.51. The van der Waals surface area contributed by atoms with Crippen molar-refractivity contribution in [2.45, 2.75) is 89.9 Å². The zero-order valence-corrected chi connectivity index (χ0v) is 18.5. The van der Waals surface area contributed by atoms with E-state index < -0.39 is 11.9 Å². The van der Waals surface area contributed by atoms with Gasteiger partial charge >= 0.3 is 11.9 Å². The summed E-state index contributed by atoms with van der Waals surface area (Å²) in [5, 5.41) is 17.9. The number of carboxylic acid groups (broad SMARTS) is 2. The van der Waals surface area contributed by atoms with E-state index in [-0.39, 0.29) is 23.7 Å². The summed E-state index contributed by atoms with van der Waals surface area (Å²) in [6.45, 7) is 1.11. The van der Waals surface area contributed by atoms with Crippen molar-refractivity contribution in [3.63, 3.8) is 0 Å². The molecular weight excluding hydrogens is 380 g/mol. The maximum Gasteiger partial charge on any atom is 0.303 e. The summed E-state index contributed by atoms with van der Waals surface area (Å²) in [7, 11) is 0. The van der Waals surface area contributed by atoms with Gasteiger partial charge in [0.05, 0.1) is 12.8 Å². The minimum absolute atomic E-state index is 0.0547. The van der Waals surface area contributed by atoms with Gasteiger partial charge in [-0.2, -0.15) is 0 Å². The molecule has 0 unspecified atom stereocenters. The number of rotatable bonds is 6. The molecule has 4 saturated carbocycles. The molecule has 6 nitrogen and oxygen atoms in total. The van der Waals surface area contributed by atoms with Crippen LogP contribution in [-0.4, -0.2) is 35.2 Å². The largest absolute Gasteiger partial charge is 0.481 e. The highest BCUT2D eigenvalue weighted by Gasteiger charge is 2.54. The summed E-state index contributed by atoms with van der Waals surface area (Å²) in [6, 6.07) is 0. The Hall–Kier alpha value is -1.14. The molecule has 0 saturated heterocycles. The van der Waals surface area contributed by atoms with Crippen LogP contribution in [0.2, 0.25) is 0 Å². The minimum Gasteiger partial charge on any atom is -0.481 e. The molecule has 30 heavy (non-hydrogen) atoms. The quantitative estimate of drug-likeness (QED) is 0.512. The van der Waals surface area contributed by atoms with Crippen molar-refractivity contribution < 1.29 is 19.8 Å². The van der Waals surface area contributed by atoms with Crippen molar-refractivity contribution in [2.75, 3.05) is 13.1 Å². The van der Waals surface area contributed by atoms with Crippen molar-refractivity contribution in [3.05, 3.63) is 0 Å². The summed E-state index contributed by atoms with van der Waals surface area (Å²) in [5.74, 6) is 1.39. The molecule has 172 valence electrons. The predicted molar refractivity (Wildman–Crippen MR) is 117 cm³/mol. The summed E-state index contributed by atoms with van der Waals surface area (Å²) in [6.07, 6.45) is 15.5. The molecule has 0 amide bonds. The third-order valence-corrected chi connectivity index (χ3v) is 9.05. The van der Waals surface area contributed by atoms with Crippen LogP contribution >= 0.6 is 0 Å². The van der Waals surface area contributed by atoms with E-state index in [0.29, 0.717) is 24.9 Å². The number of carbonyl (C=O) groups is 2. The summed E-state index contributed by atoms with van der Waals surface area (Å²) >= 11 is 0. The Morgan fingerprint density at radius 2 is 1.03 bits per heavy atom. The molecule has 4 aliphatic carbocycles. The molecule has 6 atom stereocenters. The number of nitrogens with two attached hydrogens (primary N) is 2. The molecule has 4 aliphatic rings. The van der Waals surface area contributed by atoms with Gasteiger partial charge in [-0.3, -0.25) is 9.59 Å². The Kier molecular flexibility index (Phi) is 7.83. The van der Waals surface area contributed by atoms with Gasteiger partial charge in [0, 0.05) is 0 Å². The second-order valence-corrected chi connectivity index (χ2v) is 10.7. The van der Waals surface area contributed by atoms with Crippen molar-refractivity contribution in [1.29, 1.82) is 0 Å². The zero-order valence-electron chi connectivity index (χ0n) is 18.5. The van der Waals surface area contributed by atoms with E-state index in [9.17, 15) is 9.59 Å². The number of carboxylic acids is 2. The Bertz CT molecular complexity index is 560. The third kappa shape index (κ3) is 4.85. The van der Waals surface area contributed by atoms with Crippen LogP contribution in [0, 0.1) is 34.5 Å². The fourth-order valence-electron chi connectivity index (χ4n) is 7.52. The van der Waals surface area contributed by atoms with Crippen LogP contribution in [0.3, 0.4) is 0 Å². The lowest BCUT2D eigenvalue weighted by molar-refractivity contribution is -0.148.